The van der Waals surface area contributed by atoms with Crippen molar-refractivity contribution in [3.63, 3.8) is 0 Å². The Morgan fingerprint density at radius 2 is 2.33 bits per heavy atom. The first-order chi connectivity index (χ1) is 8.75. The van der Waals surface area contributed by atoms with E-state index in [0.717, 1.165) is 36.0 Å². The Bertz CT molecular complexity index is 582. The van der Waals surface area contributed by atoms with E-state index in [0.29, 0.717) is 5.82 Å². The maximum Gasteiger partial charge on any atom is 0.195 e. The monoisotopic (exact) mass is 244 g/mol. The lowest BCUT2D eigenvalue weighted by Crippen LogP contribution is -2.11. The van der Waals surface area contributed by atoms with Crippen LogP contribution in [0.2, 0.25) is 0 Å². The molecule has 1 atom stereocenters. The highest BCUT2D eigenvalue weighted by atomic mass is 16.5. The third-order valence-corrected chi connectivity index (χ3v) is 3.40. The number of aromatic amines is 1. The van der Waals surface area contributed by atoms with Crippen LogP contribution >= 0.6 is 0 Å². The summed E-state index contributed by atoms with van der Waals surface area (Å²) in [5, 5.41) is 0. The van der Waals surface area contributed by atoms with Gasteiger partial charge in [0, 0.05) is 19.1 Å². The zero-order valence-electron chi connectivity index (χ0n) is 10.4. The van der Waals surface area contributed by atoms with Gasteiger partial charge in [-0.3, -0.25) is 4.79 Å². The molecule has 1 fully saturated rings. The molecule has 1 aliphatic heterocycles. The number of ketones is 1. The molecule has 3 rings (SSSR count). The first-order valence-corrected chi connectivity index (χ1v) is 6.37. The molecule has 94 valence electrons. The maximum absolute atomic E-state index is 11.4. The van der Waals surface area contributed by atoms with Crippen LogP contribution in [0.4, 0.5) is 0 Å². The van der Waals surface area contributed by atoms with Crippen molar-refractivity contribution in [2.24, 2.45) is 0 Å². The van der Waals surface area contributed by atoms with E-state index in [1.807, 2.05) is 18.2 Å². The number of hydrogen-bond acceptors (Lipinski definition) is 3. The number of imidazole rings is 1. The number of carbonyl (C=O) groups excluding carboxylic acids is 1. The topological polar surface area (TPSA) is 55.0 Å². The Hall–Kier alpha value is -1.68. The molecule has 1 saturated heterocycles. The van der Waals surface area contributed by atoms with Crippen molar-refractivity contribution in [3.8, 4) is 0 Å². The number of Topliss-reactive ketones (excluding diaryl/α,β-unsaturated/α-hetero) is 1. The van der Waals surface area contributed by atoms with E-state index in [4.69, 9.17) is 4.74 Å². The molecule has 2 heterocycles. The lowest BCUT2D eigenvalue weighted by molar-refractivity contribution is 0.0157. The van der Waals surface area contributed by atoms with Crippen LogP contribution in [0, 0.1) is 0 Å². The average Bonchev–Trinajstić information content (AvgIpc) is 2.83. The van der Waals surface area contributed by atoms with Crippen molar-refractivity contribution in [1.82, 2.24) is 9.97 Å². The number of benzene rings is 1. The van der Waals surface area contributed by atoms with Crippen LogP contribution in [0.3, 0.4) is 0 Å². The summed E-state index contributed by atoms with van der Waals surface area (Å²) >= 11 is 0. The van der Waals surface area contributed by atoms with Gasteiger partial charge in [0.1, 0.15) is 0 Å². The summed E-state index contributed by atoms with van der Waals surface area (Å²) in [7, 11) is 0. The predicted octanol–water partition coefficient (Wildman–Crippen LogP) is 3.01. The number of para-hydroxylation sites is 1. The summed E-state index contributed by atoms with van der Waals surface area (Å²) in [4.78, 5) is 18.8. The van der Waals surface area contributed by atoms with E-state index >= 15 is 0 Å². The molecule has 0 spiro atoms. The van der Waals surface area contributed by atoms with Crippen molar-refractivity contribution in [1.29, 1.82) is 0 Å². The molecule has 0 amide bonds. The fourth-order valence-electron chi connectivity index (χ4n) is 2.47. The quantitative estimate of drug-likeness (QED) is 0.826. The van der Waals surface area contributed by atoms with Gasteiger partial charge < -0.3 is 9.72 Å². The van der Waals surface area contributed by atoms with Crippen LogP contribution in [0.25, 0.3) is 11.0 Å². The van der Waals surface area contributed by atoms with E-state index < -0.39 is 0 Å². The summed E-state index contributed by atoms with van der Waals surface area (Å²) in [6.45, 7) is 2.33. The highest BCUT2D eigenvalue weighted by Crippen LogP contribution is 2.31. The number of carbonyl (C=O) groups is 1. The molecule has 1 unspecified atom stereocenters. The molecule has 1 aliphatic rings. The Balaban J connectivity index is 2.07. The largest absolute Gasteiger partial charge is 0.373 e. The molecule has 2 aromatic rings. The van der Waals surface area contributed by atoms with Crippen LogP contribution in [-0.2, 0) is 4.74 Å². The van der Waals surface area contributed by atoms with E-state index in [1.54, 1.807) is 0 Å². The third kappa shape index (κ3) is 1.93. The second-order valence-electron chi connectivity index (χ2n) is 4.74. The van der Waals surface area contributed by atoms with Crippen molar-refractivity contribution >= 4 is 16.8 Å². The fraction of sp³-hybridized carbons (Fsp3) is 0.429. The summed E-state index contributed by atoms with van der Waals surface area (Å²) in [6.07, 6.45) is 3.46. The predicted molar refractivity (Wildman–Crippen MR) is 68.6 cm³/mol. The number of rotatable bonds is 2. The minimum Gasteiger partial charge on any atom is -0.373 e. The molecule has 18 heavy (non-hydrogen) atoms. The standard InChI is InChI=1S/C14H16N2O2/c1-9(17)14-15-11-6-4-5-10(13(11)16-14)12-7-2-3-8-18-12/h4-6,12H,2-3,7-8H2,1H3,(H,15,16). The molecular weight excluding hydrogens is 228 g/mol. The van der Waals surface area contributed by atoms with Gasteiger partial charge in [-0.2, -0.15) is 0 Å². The Labute approximate surface area is 105 Å². The van der Waals surface area contributed by atoms with E-state index in [2.05, 4.69) is 9.97 Å². The Kier molecular flexibility index (Phi) is 2.88. The number of ether oxygens (including phenoxy) is 1. The Morgan fingerprint density at radius 1 is 1.44 bits per heavy atom. The zero-order chi connectivity index (χ0) is 12.5. The van der Waals surface area contributed by atoms with Crippen LogP contribution < -0.4 is 0 Å². The van der Waals surface area contributed by atoms with Crippen LogP contribution in [-0.4, -0.2) is 22.4 Å². The van der Waals surface area contributed by atoms with Crippen LogP contribution in [0.5, 0.6) is 0 Å². The molecular formula is C14H16N2O2. The molecule has 4 nitrogen and oxygen atoms in total. The summed E-state index contributed by atoms with van der Waals surface area (Å²) in [5.74, 6) is 0.384. The fourth-order valence-corrected chi connectivity index (χ4v) is 2.47. The molecule has 0 saturated carbocycles. The first kappa shape index (κ1) is 11.4. The molecule has 0 bridgehead atoms. The molecule has 4 heteroatoms. The average molecular weight is 244 g/mol. The molecule has 0 radical (unpaired) electrons. The van der Waals surface area contributed by atoms with Crippen molar-refractivity contribution < 1.29 is 9.53 Å². The summed E-state index contributed by atoms with van der Waals surface area (Å²) in [6, 6.07) is 5.97. The minimum absolute atomic E-state index is 0.0401. The normalized spacial score (nSPS) is 20.2. The molecule has 1 aromatic heterocycles. The van der Waals surface area contributed by atoms with E-state index in [9.17, 15) is 4.79 Å². The number of aromatic nitrogens is 2. The smallest absolute Gasteiger partial charge is 0.195 e. The molecule has 1 N–H and O–H groups in total. The van der Waals surface area contributed by atoms with Crippen LogP contribution in [0.1, 0.15) is 48.5 Å². The van der Waals surface area contributed by atoms with Gasteiger partial charge in [0.05, 0.1) is 17.1 Å². The van der Waals surface area contributed by atoms with Gasteiger partial charge in [0.15, 0.2) is 11.6 Å². The lowest BCUT2D eigenvalue weighted by Gasteiger charge is -2.23. The number of fused-ring (bicyclic) bond motifs is 1. The van der Waals surface area contributed by atoms with Gasteiger partial charge >= 0.3 is 0 Å². The van der Waals surface area contributed by atoms with Crippen LogP contribution in [0.15, 0.2) is 18.2 Å². The zero-order valence-corrected chi connectivity index (χ0v) is 10.4. The SMILES string of the molecule is CC(=O)c1nc2c(C3CCCCO3)cccc2[nH]1. The highest BCUT2D eigenvalue weighted by molar-refractivity contribution is 5.94. The summed E-state index contributed by atoms with van der Waals surface area (Å²) < 4.78 is 5.80. The first-order valence-electron chi connectivity index (χ1n) is 6.37. The van der Waals surface area contributed by atoms with Crippen molar-refractivity contribution in [3.05, 3.63) is 29.6 Å². The van der Waals surface area contributed by atoms with Gasteiger partial charge in [-0.15, -0.1) is 0 Å². The minimum atomic E-state index is -0.0401. The van der Waals surface area contributed by atoms with Gasteiger partial charge in [-0.05, 0) is 25.3 Å². The second-order valence-corrected chi connectivity index (χ2v) is 4.74. The number of H-pyrrole nitrogens is 1. The lowest BCUT2D eigenvalue weighted by atomic mass is 10.0. The molecule has 0 aliphatic carbocycles. The van der Waals surface area contributed by atoms with E-state index in [1.165, 1.54) is 13.3 Å². The maximum atomic E-state index is 11.4. The van der Waals surface area contributed by atoms with Gasteiger partial charge in [-0.1, -0.05) is 12.1 Å². The summed E-state index contributed by atoms with van der Waals surface area (Å²) in [5.41, 5.74) is 2.87. The highest BCUT2D eigenvalue weighted by Gasteiger charge is 2.20. The van der Waals surface area contributed by atoms with E-state index in [-0.39, 0.29) is 11.9 Å². The van der Waals surface area contributed by atoms with Gasteiger partial charge in [0.25, 0.3) is 0 Å². The van der Waals surface area contributed by atoms with Gasteiger partial charge in [-0.25, -0.2) is 4.98 Å². The number of hydrogen-bond donors (Lipinski definition) is 1. The number of nitrogens with zero attached hydrogens (tertiary/aromatic N) is 1. The number of nitrogens with one attached hydrogen (secondary N) is 1. The van der Waals surface area contributed by atoms with Crippen molar-refractivity contribution in [2.75, 3.05) is 6.61 Å². The van der Waals surface area contributed by atoms with Crippen molar-refractivity contribution in [2.45, 2.75) is 32.3 Å². The second kappa shape index (κ2) is 4.53. The Morgan fingerprint density at radius 3 is 3.06 bits per heavy atom. The molecule has 1 aromatic carbocycles. The third-order valence-electron chi connectivity index (χ3n) is 3.40. The van der Waals surface area contributed by atoms with Gasteiger partial charge in [0.2, 0.25) is 0 Å².